The van der Waals surface area contributed by atoms with E-state index in [1.165, 1.54) is 6.07 Å². The molecule has 3 heteroatoms. The van der Waals surface area contributed by atoms with Crippen LogP contribution >= 0.6 is 0 Å². The lowest BCUT2D eigenvalue weighted by Gasteiger charge is -2.22. The van der Waals surface area contributed by atoms with Crippen LogP contribution in [0.5, 0.6) is 0 Å². The SMILES string of the molecule is O=C(C1CC1)N(Cc1ccccc1F)C1CC1. The summed E-state index contributed by atoms with van der Waals surface area (Å²) in [5, 5.41) is 0. The third-order valence-electron chi connectivity index (χ3n) is 3.50. The molecular formula is C14H16FNO. The zero-order valence-corrected chi connectivity index (χ0v) is 9.73. The van der Waals surface area contributed by atoms with Gasteiger partial charge in [0.1, 0.15) is 5.82 Å². The minimum absolute atomic E-state index is 0.207. The lowest BCUT2D eigenvalue weighted by atomic mass is 10.2. The molecule has 0 aliphatic heterocycles. The van der Waals surface area contributed by atoms with Crippen LogP contribution in [-0.4, -0.2) is 16.8 Å². The first-order chi connectivity index (χ1) is 8.25. The van der Waals surface area contributed by atoms with Crippen molar-refractivity contribution in [2.75, 3.05) is 0 Å². The molecule has 2 fully saturated rings. The second kappa shape index (κ2) is 4.13. The van der Waals surface area contributed by atoms with Gasteiger partial charge in [-0.15, -0.1) is 0 Å². The van der Waals surface area contributed by atoms with Crippen molar-refractivity contribution in [3.05, 3.63) is 35.6 Å². The van der Waals surface area contributed by atoms with Crippen molar-refractivity contribution in [2.24, 2.45) is 5.92 Å². The fraction of sp³-hybridized carbons (Fsp3) is 0.500. The molecule has 2 aliphatic rings. The molecule has 2 nitrogen and oxygen atoms in total. The van der Waals surface area contributed by atoms with Crippen molar-refractivity contribution >= 4 is 5.91 Å². The smallest absolute Gasteiger partial charge is 0.226 e. The summed E-state index contributed by atoms with van der Waals surface area (Å²) in [6, 6.07) is 7.10. The van der Waals surface area contributed by atoms with E-state index in [0.29, 0.717) is 18.2 Å². The van der Waals surface area contributed by atoms with Crippen LogP contribution in [0.3, 0.4) is 0 Å². The van der Waals surface area contributed by atoms with Crippen LogP contribution in [0.4, 0.5) is 4.39 Å². The Bertz CT molecular complexity index is 438. The highest BCUT2D eigenvalue weighted by atomic mass is 19.1. The molecule has 0 bridgehead atoms. The maximum absolute atomic E-state index is 13.6. The van der Waals surface area contributed by atoms with Crippen molar-refractivity contribution in [1.82, 2.24) is 4.90 Å². The predicted octanol–water partition coefficient (Wildman–Crippen LogP) is 2.73. The van der Waals surface area contributed by atoms with E-state index in [-0.39, 0.29) is 17.6 Å². The molecule has 0 saturated heterocycles. The van der Waals surface area contributed by atoms with Crippen LogP contribution in [0.1, 0.15) is 31.2 Å². The summed E-state index contributed by atoms with van der Waals surface area (Å²) >= 11 is 0. The molecule has 0 N–H and O–H groups in total. The molecule has 0 heterocycles. The number of rotatable bonds is 4. The Labute approximate surface area is 100 Å². The standard InChI is InChI=1S/C14H16FNO/c15-13-4-2-1-3-11(13)9-16(12-7-8-12)14(17)10-5-6-10/h1-4,10,12H,5-9H2. The Morgan fingerprint density at radius 1 is 1.24 bits per heavy atom. The molecule has 17 heavy (non-hydrogen) atoms. The third kappa shape index (κ3) is 2.33. The van der Waals surface area contributed by atoms with Crippen molar-refractivity contribution in [3.8, 4) is 0 Å². The normalized spacial score (nSPS) is 19.1. The van der Waals surface area contributed by atoms with Crippen molar-refractivity contribution in [2.45, 2.75) is 38.3 Å². The average Bonchev–Trinajstić information content (AvgIpc) is 3.18. The van der Waals surface area contributed by atoms with E-state index in [1.54, 1.807) is 12.1 Å². The lowest BCUT2D eigenvalue weighted by Crippen LogP contribution is -2.34. The van der Waals surface area contributed by atoms with E-state index in [2.05, 4.69) is 0 Å². The van der Waals surface area contributed by atoms with Gasteiger partial charge in [-0.05, 0) is 31.7 Å². The molecule has 0 unspecified atom stereocenters. The second-order valence-corrected chi connectivity index (χ2v) is 5.06. The number of hydrogen-bond acceptors (Lipinski definition) is 1. The fourth-order valence-electron chi connectivity index (χ4n) is 2.15. The van der Waals surface area contributed by atoms with Gasteiger partial charge in [0, 0.05) is 24.1 Å². The molecule has 0 aromatic heterocycles. The van der Waals surface area contributed by atoms with Gasteiger partial charge in [0.15, 0.2) is 0 Å². The molecule has 2 saturated carbocycles. The second-order valence-electron chi connectivity index (χ2n) is 5.06. The zero-order chi connectivity index (χ0) is 11.8. The van der Waals surface area contributed by atoms with Gasteiger partial charge in [-0.3, -0.25) is 4.79 Å². The van der Waals surface area contributed by atoms with Crippen LogP contribution < -0.4 is 0 Å². The number of benzene rings is 1. The van der Waals surface area contributed by atoms with Gasteiger partial charge in [0.05, 0.1) is 0 Å². The molecule has 1 aromatic carbocycles. The van der Waals surface area contributed by atoms with E-state index in [0.717, 1.165) is 25.7 Å². The van der Waals surface area contributed by atoms with Crippen LogP contribution in [0.15, 0.2) is 24.3 Å². The van der Waals surface area contributed by atoms with Gasteiger partial charge in [-0.25, -0.2) is 4.39 Å². The van der Waals surface area contributed by atoms with E-state index in [4.69, 9.17) is 0 Å². The number of nitrogens with zero attached hydrogens (tertiary/aromatic N) is 1. The fourth-order valence-corrected chi connectivity index (χ4v) is 2.15. The highest BCUT2D eigenvalue weighted by Gasteiger charge is 2.40. The number of amides is 1. The first-order valence-electron chi connectivity index (χ1n) is 6.29. The van der Waals surface area contributed by atoms with Gasteiger partial charge < -0.3 is 4.90 Å². The monoisotopic (exact) mass is 233 g/mol. The minimum atomic E-state index is -0.207. The minimum Gasteiger partial charge on any atom is -0.335 e. The van der Waals surface area contributed by atoms with E-state index < -0.39 is 0 Å². The predicted molar refractivity (Wildman–Crippen MR) is 62.7 cm³/mol. The van der Waals surface area contributed by atoms with Gasteiger partial charge >= 0.3 is 0 Å². The summed E-state index contributed by atoms with van der Waals surface area (Å²) in [4.78, 5) is 14.0. The number of hydrogen-bond donors (Lipinski definition) is 0. The Hall–Kier alpha value is -1.38. The number of halogens is 1. The summed E-state index contributed by atoms with van der Waals surface area (Å²) in [7, 11) is 0. The van der Waals surface area contributed by atoms with Gasteiger partial charge in [-0.1, -0.05) is 18.2 Å². The Kier molecular flexibility index (Phi) is 2.61. The van der Waals surface area contributed by atoms with E-state index in [1.807, 2.05) is 11.0 Å². The molecular weight excluding hydrogens is 217 g/mol. The molecule has 90 valence electrons. The Balaban J connectivity index is 1.76. The average molecular weight is 233 g/mol. The first kappa shape index (κ1) is 10.8. The maximum Gasteiger partial charge on any atom is 0.226 e. The Morgan fingerprint density at radius 3 is 2.53 bits per heavy atom. The van der Waals surface area contributed by atoms with Crippen LogP contribution in [0.25, 0.3) is 0 Å². The molecule has 2 aliphatic carbocycles. The number of carbonyl (C=O) groups excluding carboxylic acids is 1. The van der Waals surface area contributed by atoms with Gasteiger partial charge in [0.25, 0.3) is 0 Å². The van der Waals surface area contributed by atoms with Gasteiger partial charge in [0.2, 0.25) is 5.91 Å². The number of carbonyl (C=O) groups is 1. The van der Waals surface area contributed by atoms with Crippen molar-refractivity contribution < 1.29 is 9.18 Å². The van der Waals surface area contributed by atoms with E-state index >= 15 is 0 Å². The molecule has 0 radical (unpaired) electrons. The molecule has 1 amide bonds. The van der Waals surface area contributed by atoms with Gasteiger partial charge in [-0.2, -0.15) is 0 Å². The molecule has 0 spiro atoms. The molecule has 3 rings (SSSR count). The summed E-state index contributed by atoms with van der Waals surface area (Å²) < 4.78 is 13.6. The summed E-state index contributed by atoms with van der Waals surface area (Å²) in [6.45, 7) is 0.437. The topological polar surface area (TPSA) is 20.3 Å². The van der Waals surface area contributed by atoms with Crippen LogP contribution in [-0.2, 0) is 11.3 Å². The lowest BCUT2D eigenvalue weighted by molar-refractivity contribution is -0.133. The summed E-state index contributed by atoms with van der Waals surface area (Å²) in [5.41, 5.74) is 0.633. The summed E-state index contributed by atoms with van der Waals surface area (Å²) in [6.07, 6.45) is 4.18. The quantitative estimate of drug-likeness (QED) is 0.783. The van der Waals surface area contributed by atoms with Crippen molar-refractivity contribution in [3.63, 3.8) is 0 Å². The molecule has 0 atom stereocenters. The van der Waals surface area contributed by atoms with Crippen LogP contribution in [0, 0.1) is 11.7 Å². The first-order valence-corrected chi connectivity index (χ1v) is 6.29. The highest BCUT2D eigenvalue weighted by Crippen LogP contribution is 2.36. The maximum atomic E-state index is 13.6. The zero-order valence-electron chi connectivity index (χ0n) is 9.73. The Morgan fingerprint density at radius 2 is 1.94 bits per heavy atom. The van der Waals surface area contributed by atoms with Crippen molar-refractivity contribution in [1.29, 1.82) is 0 Å². The summed E-state index contributed by atoms with van der Waals surface area (Å²) in [5.74, 6) is 0.250. The highest BCUT2D eigenvalue weighted by molar-refractivity contribution is 5.81. The third-order valence-corrected chi connectivity index (χ3v) is 3.50. The largest absolute Gasteiger partial charge is 0.335 e. The van der Waals surface area contributed by atoms with E-state index in [9.17, 15) is 9.18 Å². The van der Waals surface area contributed by atoms with Crippen LogP contribution in [0.2, 0.25) is 0 Å². The molecule has 1 aromatic rings.